The Hall–Kier alpha value is -1.43. The second-order valence-corrected chi connectivity index (χ2v) is 5.58. The largest absolute Gasteiger partial charge is 0.490 e. The van der Waals surface area contributed by atoms with E-state index in [4.69, 9.17) is 4.74 Å². The third kappa shape index (κ3) is 2.38. The van der Waals surface area contributed by atoms with E-state index in [0.717, 1.165) is 24.2 Å². The lowest BCUT2D eigenvalue weighted by Gasteiger charge is -2.28. The summed E-state index contributed by atoms with van der Waals surface area (Å²) in [5, 5.41) is 0. The van der Waals surface area contributed by atoms with Crippen molar-refractivity contribution in [2.45, 2.75) is 0 Å². The number of nitrogens with one attached hydrogen (secondary N) is 1. The lowest BCUT2D eigenvalue weighted by molar-refractivity contribution is 0.311. The van der Waals surface area contributed by atoms with Crippen LogP contribution in [0, 0.1) is 0 Å². The SMILES string of the molecule is CN1CCOc2ccc(NS(C)(=O)=O)cc21. The molecule has 2 rings (SSSR count). The van der Waals surface area contributed by atoms with Crippen LogP contribution >= 0.6 is 0 Å². The minimum Gasteiger partial charge on any atom is -0.490 e. The first-order valence-corrected chi connectivity index (χ1v) is 6.80. The Morgan fingerprint density at radius 2 is 2.19 bits per heavy atom. The summed E-state index contributed by atoms with van der Waals surface area (Å²) in [6.45, 7) is 1.46. The number of nitrogens with zero attached hydrogens (tertiary/aromatic N) is 1. The van der Waals surface area contributed by atoms with Gasteiger partial charge in [-0.15, -0.1) is 0 Å². The van der Waals surface area contributed by atoms with Gasteiger partial charge in [0.1, 0.15) is 12.4 Å². The van der Waals surface area contributed by atoms with Crippen molar-refractivity contribution in [2.24, 2.45) is 0 Å². The van der Waals surface area contributed by atoms with Crippen molar-refractivity contribution in [1.29, 1.82) is 0 Å². The van der Waals surface area contributed by atoms with Crippen LogP contribution in [0.1, 0.15) is 0 Å². The molecule has 0 bridgehead atoms. The van der Waals surface area contributed by atoms with Gasteiger partial charge in [-0.1, -0.05) is 0 Å². The van der Waals surface area contributed by atoms with Gasteiger partial charge in [-0.3, -0.25) is 4.72 Å². The van der Waals surface area contributed by atoms with E-state index in [1.807, 2.05) is 11.9 Å². The van der Waals surface area contributed by atoms with Gasteiger partial charge in [-0.05, 0) is 18.2 Å². The first-order valence-electron chi connectivity index (χ1n) is 4.91. The summed E-state index contributed by atoms with van der Waals surface area (Å²) in [5.74, 6) is 0.785. The molecule has 6 heteroatoms. The molecule has 1 aliphatic rings. The monoisotopic (exact) mass is 242 g/mol. The molecule has 0 aliphatic carbocycles. The van der Waals surface area contributed by atoms with Crippen molar-refractivity contribution < 1.29 is 13.2 Å². The van der Waals surface area contributed by atoms with E-state index in [2.05, 4.69) is 4.72 Å². The lowest BCUT2D eigenvalue weighted by atomic mass is 10.2. The highest BCUT2D eigenvalue weighted by Crippen LogP contribution is 2.33. The highest BCUT2D eigenvalue weighted by molar-refractivity contribution is 7.92. The number of sulfonamides is 1. The Morgan fingerprint density at radius 1 is 1.44 bits per heavy atom. The van der Waals surface area contributed by atoms with E-state index in [9.17, 15) is 8.42 Å². The maximum absolute atomic E-state index is 11.1. The molecule has 1 heterocycles. The zero-order chi connectivity index (χ0) is 11.8. The Kier molecular flexibility index (Phi) is 2.67. The molecule has 0 saturated carbocycles. The average molecular weight is 242 g/mol. The molecule has 16 heavy (non-hydrogen) atoms. The summed E-state index contributed by atoms with van der Waals surface area (Å²) in [6, 6.07) is 5.24. The van der Waals surface area contributed by atoms with E-state index >= 15 is 0 Å². The summed E-state index contributed by atoms with van der Waals surface area (Å²) in [7, 11) is -1.28. The number of hydrogen-bond acceptors (Lipinski definition) is 4. The van der Waals surface area contributed by atoms with E-state index in [-0.39, 0.29) is 0 Å². The summed E-state index contributed by atoms with van der Waals surface area (Å²) in [5.41, 5.74) is 1.46. The molecule has 0 atom stereocenters. The molecule has 1 aromatic carbocycles. The van der Waals surface area contributed by atoms with Gasteiger partial charge in [-0.25, -0.2) is 8.42 Å². The predicted octanol–water partition coefficient (Wildman–Crippen LogP) is 0.887. The highest BCUT2D eigenvalue weighted by atomic mass is 32.2. The van der Waals surface area contributed by atoms with Crippen LogP contribution in [0.3, 0.4) is 0 Å². The molecular weight excluding hydrogens is 228 g/mol. The molecule has 1 N–H and O–H groups in total. The fourth-order valence-corrected chi connectivity index (χ4v) is 2.18. The third-order valence-corrected chi connectivity index (χ3v) is 2.96. The number of anilines is 2. The van der Waals surface area contributed by atoms with Crippen LogP contribution in [0.2, 0.25) is 0 Å². The van der Waals surface area contributed by atoms with Crippen molar-refractivity contribution in [3.63, 3.8) is 0 Å². The molecular formula is C10H14N2O3S. The van der Waals surface area contributed by atoms with E-state index in [1.165, 1.54) is 0 Å². The molecule has 0 radical (unpaired) electrons. The van der Waals surface area contributed by atoms with E-state index < -0.39 is 10.0 Å². The molecule has 0 amide bonds. The van der Waals surface area contributed by atoms with Crippen molar-refractivity contribution in [3.05, 3.63) is 18.2 Å². The number of benzene rings is 1. The maximum atomic E-state index is 11.1. The van der Waals surface area contributed by atoms with Gasteiger partial charge in [0.2, 0.25) is 10.0 Å². The predicted molar refractivity (Wildman–Crippen MR) is 63.7 cm³/mol. The number of fused-ring (bicyclic) bond motifs is 1. The third-order valence-electron chi connectivity index (χ3n) is 2.36. The van der Waals surface area contributed by atoms with Crippen LogP contribution in [0.4, 0.5) is 11.4 Å². The van der Waals surface area contributed by atoms with E-state index in [1.54, 1.807) is 18.2 Å². The van der Waals surface area contributed by atoms with Gasteiger partial charge in [-0.2, -0.15) is 0 Å². The Balaban J connectivity index is 2.34. The fraction of sp³-hybridized carbons (Fsp3) is 0.400. The standard InChI is InChI=1S/C10H14N2O3S/c1-12-5-6-15-10-4-3-8(7-9(10)12)11-16(2,13)14/h3-4,7,11H,5-6H2,1-2H3. The molecule has 0 unspecified atom stereocenters. The summed E-state index contributed by atoms with van der Waals surface area (Å²) in [6.07, 6.45) is 1.13. The van der Waals surface area contributed by atoms with Gasteiger partial charge in [0.05, 0.1) is 24.2 Å². The quantitative estimate of drug-likeness (QED) is 0.836. The van der Waals surface area contributed by atoms with Crippen molar-refractivity contribution in [1.82, 2.24) is 0 Å². The van der Waals surface area contributed by atoms with Crippen molar-refractivity contribution >= 4 is 21.4 Å². The van der Waals surface area contributed by atoms with Crippen molar-refractivity contribution in [2.75, 3.05) is 36.1 Å². The zero-order valence-corrected chi connectivity index (χ0v) is 10.0. The van der Waals surface area contributed by atoms with E-state index in [0.29, 0.717) is 12.3 Å². The van der Waals surface area contributed by atoms with Crippen LogP contribution in [0.15, 0.2) is 18.2 Å². The maximum Gasteiger partial charge on any atom is 0.229 e. The van der Waals surface area contributed by atoms with Crippen LogP contribution in [-0.2, 0) is 10.0 Å². The second-order valence-electron chi connectivity index (χ2n) is 3.83. The Bertz CT molecular complexity index is 499. The number of ether oxygens (including phenoxy) is 1. The number of hydrogen-bond donors (Lipinski definition) is 1. The summed E-state index contributed by atoms with van der Waals surface area (Å²) >= 11 is 0. The molecule has 1 aliphatic heterocycles. The fourth-order valence-electron chi connectivity index (χ4n) is 1.63. The van der Waals surface area contributed by atoms with Gasteiger partial charge in [0, 0.05) is 7.05 Å². The lowest BCUT2D eigenvalue weighted by Crippen LogP contribution is -2.28. The van der Waals surface area contributed by atoms with Crippen LogP contribution in [0.25, 0.3) is 0 Å². The normalized spacial score (nSPS) is 15.2. The zero-order valence-electron chi connectivity index (χ0n) is 9.23. The topological polar surface area (TPSA) is 58.6 Å². The van der Waals surface area contributed by atoms with Crippen LogP contribution in [0.5, 0.6) is 5.75 Å². The number of likely N-dealkylation sites (N-methyl/N-ethyl adjacent to an activating group) is 1. The van der Waals surface area contributed by atoms with Gasteiger partial charge in [0.25, 0.3) is 0 Å². The summed E-state index contributed by atoms with van der Waals surface area (Å²) in [4.78, 5) is 2.03. The molecule has 0 aromatic heterocycles. The molecule has 1 aromatic rings. The smallest absolute Gasteiger partial charge is 0.229 e. The first kappa shape index (κ1) is 11.1. The molecule has 0 fully saturated rings. The Morgan fingerprint density at radius 3 is 2.88 bits per heavy atom. The molecule has 0 saturated heterocycles. The van der Waals surface area contributed by atoms with Gasteiger partial charge >= 0.3 is 0 Å². The van der Waals surface area contributed by atoms with Gasteiger partial charge in [0.15, 0.2) is 0 Å². The van der Waals surface area contributed by atoms with Crippen LogP contribution in [-0.4, -0.2) is 34.9 Å². The highest BCUT2D eigenvalue weighted by Gasteiger charge is 2.15. The average Bonchev–Trinajstić information content (AvgIpc) is 2.17. The Labute approximate surface area is 95.1 Å². The molecule has 88 valence electrons. The molecule has 5 nitrogen and oxygen atoms in total. The van der Waals surface area contributed by atoms with Crippen LogP contribution < -0.4 is 14.4 Å². The number of rotatable bonds is 2. The first-order chi connectivity index (χ1) is 7.46. The minimum absolute atomic E-state index is 0.554. The molecule has 0 spiro atoms. The minimum atomic E-state index is -3.23. The van der Waals surface area contributed by atoms with Crippen molar-refractivity contribution in [3.8, 4) is 5.75 Å². The summed E-state index contributed by atoms with van der Waals surface area (Å²) < 4.78 is 30.1. The van der Waals surface area contributed by atoms with Gasteiger partial charge < -0.3 is 9.64 Å². The second kappa shape index (κ2) is 3.86.